The lowest BCUT2D eigenvalue weighted by molar-refractivity contribution is 0.0248. The van der Waals surface area contributed by atoms with Gasteiger partial charge in [0.2, 0.25) is 0 Å². The van der Waals surface area contributed by atoms with Crippen molar-refractivity contribution in [3.63, 3.8) is 0 Å². The summed E-state index contributed by atoms with van der Waals surface area (Å²) in [4.78, 5) is 14.0. The number of nitrogens with zero attached hydrogens (tertiary/aromatic N) is 1. The van der Waals surface area contributed by atoms with Crippen molar-refractivity contribution in [2.24, 2.45) is 5.92 Å². The normalized spacial score (nSPS) is 22.1. The first-order chi connectivity index (χ1) is 9.61. The first-order valence-corrected chi connectivity index (χ1v) is 6.79. The standard InChI is InChI=1S/C16H19NO3/c1-12-8-9-17(11-15(12)19)16(20)14-6-4-13(5-7-14)3-2-10-18/h4-7,12,15,18-19H,8-11H2,1H3. The van der Waals surface area contributed by atoms with Crippen LogP contribution in [0.15, 0.2) is 24.3 Å². The molecule has 0 aliphatic carbocycles. The van der Waals surface area contributed by atoms with E-state index < -0.39 is 6.10 Å². The van der Waals surface area contributed by atoms with Crippen molar-refractivity contribution in [3.05, 3.63) is 35.4 Å². The van der Waals surface area contributed by atoms with Gasteiger partial charge in [0.15, 0.2) is 0 Å². The molecule has 0 aromatic heterocycles. The van der Waals surface area contributed by atoms with Crippen LogP contribution in [-0.2, 0) is 0 Å². The summed E-state index contributed by atoms with van der Waals surface area (Å²) in [6.45, 7) is 2.90. The number of hydrogen-bond acceptors (Lipinski definition) is 3. The van der Waals surface area contributed by atoms with Crippen molar-refractivity contribution in [1.82, 2.24) is 4.90 Å². The lowest BCUT2D eigenvalue weighted by Gasteiger charge is -2.34. The molecule has 0 bridgehead atoms. The molecule has 1 heterocycles. The van der Waals surface area contributed by atoms with E-state index in [1.54, 1.807) is 29.2 Å². The van der Waals surface area contributed by atoms with Crippen LogP contribution in [0, 0.1) is 17.8 Å². The first-order valence-electron chi connectivity index (χ1n) is 6.79. The van der Waals surface area contributed by atoms with Crippen LogP contribution < -0.4 is 0 Å². The summed E-state index contributed by atoms with van der Waals surface area (Å²) in [7, 11) is 0. The Bertz CT molecular complexity index is 527. The lowest BCUT2D eigenvalue weighted by Crippen LogP contribution is -2.45. The van der Waals surface area contributed by atoms with Gasteiger partial charge >= 0.3 is 0 Å². The van der Waals surface area contributed by atoms with Gasteiger partial charge < -0.3 is 15.1 Å². The van der Waals surface area contributed by atoms with Gasteiger partial charge in [0.05, 0.1) is 6.10 Å². The van der Waals surface area contributed by atoms with Crippen molar-refractivity contribution in [2.45, 2.75) is 19.4 Å². The molecule has 2 atom stereocenters. The Labute approximate surface area is 119 Å². The average molecular weight is 273 g/mol. The molecule has 20 heavy (non-hydrogen) atoms. The van der Waals surface area contributed by atoms with E-state index in [-0.39, 0.29) is 18.4 Å². The fraction of sp³-hybridized carbons (Fsp3) is 0.438. The highest BCUT2D eigenvalue weighted by Crippen LogP contribution is 2.19. The van der Waals surface area contributed by atoms with E-state index in [2.05, 4.69) is 11.8 Å². The number of carbonyl (C=O) groups is 1. The highest BCUT2D eigenvalue weighted by atomic mass is 16.3. The molecule has 1 aromatic carbocycles. The minimum Gasteiger partial charge on any atom is -0.391 e. The molecule has 2 rings (SSSR count). The molecule has 1 aromatic rings. The summed E-state index contributed by atoms with van der Waals surface area (Å²) in [5, 5.41) is 18.5. The number of likely N-dealkylation sites (tertiary alicyclic amines) is 1. The molecule has 0 radical (unpaired) electrons. The van der Waals surface area contributed by atoms with Crippen molar-refractivity contribution < 1.29 is 15.0 Å². The smallest absolute Gasteiger partial charge is 0.253 e. The molecule has 4 heteroatoms. The third-order valence-electron chi connectivity index (χ3n) is 3.65. The Balaban J connectivity index is 2.06. The second kappa shape index (κ2) is 6.56. The van der Waals surface area contributed by atoms with Crippen LogP contribution in [0.5, 0.6) is 0 Å². The topological polar surface area (TPSA) is 60.8 Å². The summed E-state index contributed by atoms with van der Waals surface area (Å²) in [6.07, 6.45) is 0.384. The second-order valence-electron chi connectivity index (χ2n) is 5.12. The molecule has 1 aliphatic heterocycles. The van der Waals surface area contributed by atoms with Gasteiger partial charge in [0, 0.05) is 24.2 Å². The van der Waals surface area contributed by atoms with Crippen LogP contribution in [0.3, 0.4) is 0 Å². The maximum Gasteiger partial charge on any atom is 0.253 e. The first kappa shape index (κ1) is 14.6. The van der Waals surface area contributed by atoms with Gasteiger partial charge in [-0.2, -0.15) is 0 Å². The predicted molar refractivity (Wildman–Crippen MR) is 76.1 cm³/mol. The lowest BCUT2D eigenvalue weighted by atomic mass is 9.95. The highest BCUT2D eigenvalue weighted by molar-refractivity contribution is 5.94. The average Bonchev–Trinajstić information content (AvgIpc) is 2.48. The minimum absolute atomic E-state index is 0.0578. The van der Waals surface area contributed by atoms with Gasteiger partial charge in [-0.1, -0.05) is 18.8 Å². The number of β-amino-alcohol motifs (C(OH)–C–C–N with tert-alkyl or cyclic N) is 1. The molecule has 1 aliphatic rings. The number of hydrogen-bond donors (Lipinski definition) is 2. The Morgan fingerprint density at radius 1 is 1.40 bits per heavy atom. The van der Waals surface area contributed by atoms with Crippen molar-refractivity contribution >= 4 is 5.91 Å². The summed E-state index contributed by atoms with van der Waals surface area (Å²) in [5.41, 5.74) is 1.37. The van der Waals surface area contributed by atoms with E-state index in [1.807, 2.05) is 6.92 Å². The summed E-state index contributed by atoms with van der Waals surface area (Å²) in [5.74, 6) is 5.54. The number of aliphatic hydroxyl groups is 2. The van der Waals surface area contributed by atoms with E-state index in [4.69, 9.17) is 5.11 Å². The zero-order valence-electron chi connectivity index (χ0n) is 11.5. The third-order valence-corrected chi connectivity index (χ3v) is 3.65. The van der Waals surface area contributed by atoms with E-state index in [0.717, 1.165) is 12.0 Å². The molecule has 2 N–H and O–H groups in total. The number of rotatable bonds is 1. The zero-order chi connectivity index (χ0) is 14.5. The summed E-state index contributed by atoms with van der Waals surface area (Å²) in [6, 6.07) is 6.99. The van der Waals surface area contributed by atoms with Gasteiger partial charge in [-0.3, -0.25) is 4.79 Å². The Hall–Kier alpha value is -1.83. The van der Waals surface area contributed by atoms with Gasteiger partial charge in [0.1, 0.15) is 6.61 Å². The molecule has 0 saturated carbocycles. The molecular formula is C16H19NO3. The number of benzene rings is 1. The number of aliphatic hydroxyl groups excluding tert-OH is 2. The van der Waals surface area contributed by atoms with Crippen LogP contribution in [0.2, 0.25) is 0 Å². The van der Waals surface area contributed by atoms with Crippen molar-refractivity contribution in [1.29, 1.82) is 0 Å². The zero-order valence-corrected chi connectivity index (χ0v) is 11.5. The van der Waals surface area contributed by atoms with E-state index in [1.165, 1.54) is 0 Å². The minimum atomic E-state index is -0.442. The van der Waals surface area contributed by atoms with Crippen molar-refractivity contribution in [3.8, 4) is 11.8 Å². The maximum atomic E-state index is 12.3. The Morgan fingerprint density at radius 3 is 2.70 bits per heavy atom. The predicted octanol–water partition coefficient (Wildman–Crippen LogP) is 0.873. The van der Waals surface area contributed by atoms with Crippen LogP contribution in [-0.4, -0.2) is 46.8 Å². The molecule has 0 spiro atoms. The molecule has 1 fully saturated rings. The molecule has 1 amide bonds. The third kappa shape index (κ3) is 3.38. The van der Waals surface area contributed by atoms with Crippen LogP contribution in [0.25, 0.3) is 0 Å². The molecule has 106 valence electrons. The fourth-order valence-electron chi connectivity index (χ4n) is 2.25. The van der Waals surface area contributed by atoms with E-state index in [0.29, 0.717) is 18.7 Å². The summed E-state index contributed by atoms with van der Waals surface area (Å²) < 4.78 is 0. The van der Waals surface area contributed by atoms with Gasteiger partial charge in [-0.25, -0.2) is 0 Å². The van der Waals surface area contributed by atoms with Crippen LogP contribution in [0.1, 0.15) is 29.3 Å². The largest absolute Gasteiger partial charge is 0.391 e. The summed E-state index contributed by atoms with van der Waals surface area (Å²) >= 11 is 0. The van der Waals surface area contributed by atoms with E-state index in [9.17, 15) is 9.90 Å². The number of carbonyl (C=O) groups excluding carboxylic acids is 1. The highest BCUT2D eigenvalue weighted by Gasteiger charge is 2.27. The maximum absolute atomic E-state index is 12.3. The quantitative estimate of drug-likeness (QED) is 0.747. The van der Waals surface area contributed by atoms with Crippen molar-refractivity contribution in [2.75, 3.05) is 19.7 Å². The SMILES string of the molecule is CC1CCN(C(=O)c2ccc(C#CCO)cc2)CC1O. The number of amides is 1. The Kier molecular flexibility index (Phi) is 4.78. The number of piperidine rings is 1. The second-order valence-corrected chi connectivity index (χ2v) is 5.12. The Morgan fingerprint density at radius 2 is 2.10 bits per heavy atom. The van der Waals surface area contributed by atoms with E-state index >= 15 is 0 Å². The fourth-order valence-corrected chi connectivity index (χ4v) is 2.25. The van der Waals surface area contributed by atoms with Crippen LogP contribution >= 0.6 is 0 Å². The molecule has 1 saturated heterocycles. The van der Waals surface area contributed by atoms with Gasteiger partial charge in [0.25, 0.3) is 5.91 Å². The van der Waals surface area contributed by atoms with Gasteiger partial charge in [-0.05, 0) is 36.6 Å². The van der Waals surface area contributed by atoms with Gasteiger partial charge in [-0.15, -0.1) is 0 Å². The molecule has 2 unspecified atom stereocenters. The van der Waals surface area contributed by atoms with Crippen LogP contribution in [0.4, 0.5) is 0 Å². The molecule has 4 nitrogen and oxygen atoms in total. The monoisotopic (exact) mass is 273 g/mol. The molecular weight excluding hydrogens is 254 g/mol.